The molecule has 1 aliphatic rings. The number of hydrogen-bond acceptors (Lipinski definition) is 7. The van der Waals surface area contributed by atoms with E-state index in [0.29, 0.717) is 22.5 Å². The molecule has 1 N–H and O–H groups in total. The fraction of sp³-hybridized carbons (Fsp3) is 0.233. The van der Waals surface area contributed by atoms with E-state index in [4.69, 9.17) is 44.3 Å². The second-order valence-corrected chi connectivity index (χ2v) is 13.4. The molecule has 3 amide bonds. The molecule has 0 spiro atoms. The van der Waals surface area contributed by atoms with Gasteiger partial charge in [-0.1, -0.05) is 58.7 Å². The minimum atomic E-state index is -2.59. The summed E-state index contributed by atoms with van der Waals surface area (Å²) in [6.45, 7) is 0.960. The molecule has 0 saturated carbocycles. The van der Waals surface area contributed by atoms with Crippen LogP contribution in [0.1, 0.15) is 11.1 Å². The Kier molecular flexibility index (Phi) is 11.0. The van der Waals surface area contributed by atoms with Crippen molar-refractivity contribution in [3.05, 3.63) is 83.9 Å². The molecule has 2 heterocycles. The fourth-order valence-corrected chi connectivity index (χ4v) is 5.41. The minimum Gasteiger partial charge on any atom is -0.488 e. The fourth-order valence-electron chi connectivity index (χ4n) is 4.32. The van der Waals surface area contributed by atoms with Crippen molar-refractivity contribution >= 4 is 75.0 Å². The van der Waals surface area contributed by atoms with Crippen molar-refractivity contribution in [2.45, 2.75) is 23.7 Å². The summed E-state index contributed by atoms with van der Waals surface area (Å²) in [6.07, 6.45) is -1.18. The van der Waals surface area contributed by atoms with E-state index < -0.39 is 28.7 Å². The lowest BCUT2D eigenvalue weighted by atomic mass is 10.1. The quantitative estimate of drug-likeness (QED) is 0.168. The Morgan fingerprint density at radius 3 is 2.60 bits per heavy atom. The van der Waals surface area contributed by atoms with Crippen LogP contribution >= 0.6 is 46.6 Å². The topological polar surface area (TPSA) is 111 Å². The van der Waals surface area contributed by atoms with Gasteiger partial charge in [0, 0.05) is 11.1 Å². The zero-order valence-corrected chi connectivity index (χ0v) is 27.4. The number of amidine groups is 1. The van der Waals surface area contributed by atoms with Gasteiger partial charge in [0.05, 0.1) is 36.0 Å². The molecule has 1 aromatic heterocycles. The van der Waals surface area contributed by atoms with E-state index in [1.54, 1.807) is 24.3 Å². The maximum atomic E-state index is 15.1. The summed E-state index contributed by atoms with van der Waals surface area (Å²) in [5.41, 5.74) is 2.64. The van der Waals surface area contributed by atoms with Crippen molar-refractivity contribution in [2.24, 2.45) is 4.99 Å². The van der Waals surface area contributed by atoms with Crippen molar-refractivity contribution in [1.82, 2.24) is 14.8 Å². The summed E-state index contributed by atoms with van der Waals surface area (Å²) in [4.78, 5) is 35.3. The van der Waals surface area contributed by atoms with Gasteiger partial charge < -0.3 is 14.8 Å². The molecule has 1 aliphatic heterocycles. The Labute approximate surface area is 285 Å². The number of alkyl halides is 5. The van der Waals surface area contributed by atoms with Gasteiger partial charge in [-0.3, -0.25) is 9.69 Å². The highest BCUT2D eigenvalue weighted by atomic mass is 35.6. The van der Waals surface area contributed by atoms with Crippen LogP contribution in [0.3, 0.4) is 0 Å². The third-order valence-electron chi connectivity index (χ3n) is 6.41. The van der Waals surface area contributed by atoms with Crippen LogP contribution in [-0.4, -0.2) is 61.1 Å². The first kappa shape index (κ1) is 34.5. The van der Waals surface area contributed by atoms with E-state index in [-0.39, 0.29) is 47.3 Å². The number of thioether (sulfide) groups is 1. The number of nitrogens with zero attached hydrogens (tertiary/aromatic N) is 5. The second kappa shape index (κ2) is 14.9. The number of anilines is 2. The van der Waals surface area contributed by atoms with Crippen LogP contribution in [0.25, 0.3) is 17.1 Å². The Balaban J connectivity index is 1.28. The molecule has 4 aromatic rings. The molecule has 0 atom stereocenters. The van der Waals surface area contributed by atoms with Gasteiger partial charge in [-0.25, -0.2) is 27.6 Å². The number of halogens is 6. The van der Waals surface area contributed by atoms with Crippen LogP contribution < -0.4 is 15.0 Å². The van der Waals surface area contributed by atoms with Crippen LogP contribution in [0.2, 0.25) is 0 Å². The predicted molar refractivity (Wildman–Crippen MR) is 176 cm³/mol. The Hall–Kier alpha value is -3.82. The standard InChI is InChI=1S/C30H24Cl3F3N6O4S/c1-17-2-3-19(12-45-15-30(31,32)33)24(10-17)42-26(43)14-47-29(42)39-28(44)38-23-9-4-18(11-22(23)34)27-37-16-41(40-27)20-5-7-21(8-6-20)46-13-25(35)36/h2-11,16,25H,12-15H2,1H3,(H,38,44)/b39-29-. The number of aliphatic imine (C=N–C) groups is 1. The number of ether oxygens (including phenoxy) is 2. The van der Waals surface area contributed by atoms with Crippen LogP contribution in [-0.2, 0) is 16.1 Å². The predicted octanol–water partition coefficient (Wildman–Crippen LogP) is 7.58. The largest absolute Gasteiger partial charge is 0.488 e. The second-order valence-electron chi connectivity index (χ2n) is 9.99. The molecule has 0 unspecified atom stereocenters. The van der Waals surface area contributed by atoms with Gasteiger partial charge in [-0.05, 0) is 61.0 Å². The molecule has 0 radical (unpaired) electrons. The highest BCUT2D eigenvalue weighted by molar-refractivity contribution is 8.15. The van der Waals surface area contributed by atoms with E-state index in [1.165, 1.54) is 40.2 Å². The molecule has 0 bridgehead atoms. The SMILES string of the molecule is Cc1ccc(COCC(Cl)(Cl)Cl)c(N2C(=O)CS/C2=N\C(=O)Nc2ccc(-c3ncn(-c4ccc(OCC(F)F)cc4)n3)cc2F)c1. The molecule has 246 valence electrons. The third-order valence-corrected chi connectivity index (χ3v) is 7.66. The van der Waals surface area contributed by atoms with E-state index in [9.17, 15) is 18.4 Å². The summed E-state index contributed by atoms with van der Waals surface area (Å²) in [5, 5.41) is 6.85. The first-order chi connectivity index (χ1) is 22.4. The van der Waals surface area contributed by atoms with Crippen molar-refractivity contribution < 1.29 is 32.2 Å². The summed E-state index contributed by atoms with van der Waals surface area (Å²) in [7, 11) is 0. The van der Waals surface area contributed by atoms with E-state index in [0.717, 1.165) is 23.4 Å². The highest BCUT2D eigenvalue weighted by Gasteiger charge is 2.32. The number of urea groups is 1. The molecular weight excluding hydrogens is 704 g/mol. The van der Waals surface area contributed by atoms with Crippen LogP contribution in [0.5, 0.6) is 5.75 Å². The number of carbonyl (C=O) groups is 2. The maximum absolute atomic E-state index is 15.1. The number of carbonyl (C=O) groups excluding carboxylic acids is 2. The van der Waals surface area contributed by atoms with E-state index in [2.05, 4.69) is 20.4 Å². The molecule has 10 nitrogen and oxygen atoms in total. The average molecular weight is 728 g/mol. The highest BCUT2D eigenvalue weighted by Crippen LogP contribution is 2.33. The number of benzene rings is 3. The smallest absolute Gasteiger partial charge is 0.347 e. The van der Waals surface area contributed by atoms with Gasteiger partial charge in [-0.15, -0.1) is 5.10 Å². The molecule has 47 heavy (non-hydrogen) atoms. The Bertz CT molecular complexity index is 1800. The summed E-state index contributed by atoms with van der Waals surface area (Å²) < 4.78 is 50.1. The molecule has 3 aromatic carbocycles. The number of amides is 3. The number of rotatable bonds is 10. The summed E-state index contributed by atoms with van der Waals surface area (Å²) >= 11 is 18.4. The monoisotopic (exact) mass is 726 g/mol. The molecule has 17 heteroatoms. The number of aryl methyl sites for hydroxylation is 1. The van der Waals surface area contributed by atoms with E-state index >= 15 is 4.39 Å². The third kappa shape index (κ3) is 9.17. The summed E-state index contributed by atoms with van der Waals surface area (Å²) in [5.74, 6) is -0.578. The lowest BCUT2D eigenvalue weighted by Crippen LogP contribution is -2.31. The van der Waals surface area contributed by atoms with Gasteiger partial charge in [0.1, 0.15) is 24.5 Å². The molecule has 1 saturated heterocycles. The van der Waals surface area contributed by atoms with Crippen molar-refractivity contribution in [1.29, 1.82) is 0 Å². The number of hydrogen-bond donors (Lipinski definition) is 1. The zero-order chi connectivity index (χ0) is 33.7. The van der Waals surface area contributed by atoms with E-state index in [1.807, 2.05) is 13.0 Å². The van der Waals surface area contributed by atoms with Gasteiger partial charge in [0.25, 0.3) is 6.43 Å². The first-order valence-corrected chi connectivity index (χ1v) is 15.8. The van der Waals surface area contributed by atoms with Gasteiger partial charge in [-0.2, -0.15) is 4.99 Å². The Morgan fingerprint density at radius 1 is 1.13 bits per heavy atom. The summed E-state index contributed by atoms with van der Waals surface area (Å²) in [6, 6.07) is 14.7. The number of nitrogens with one attached hydrogen (secondary N) is 1. The first-order valence-electron chi connectivity index (χ1n) is 13.7. The van der Waals surface area contributed by atoms with Crippen LogP contribution in [0.4, 0.5) is 29.3 Å². The maximum Gasteiger partial charge on any atom is 0.347 e. The number of aromatic nitrogens is 3. The zero-order valence-electron chi connectivity index (χ0n) is 24.3. The average Bonchev–Trinajstić information content (AvgIpc) is 3.64. The van der Waals surface area contributed by atoms with Gasteiger partial charge in [0.2, 0.25) is 9.70 Å². The van der Waals surface area contributed by atoms with Crippen LogP contribution in [0.15, 0.2) is 72.0 Å². The molecule has 5 rings (SSSR count). The Morgan fingerprint density at radius 2 is 1.89 bits per heavy atom. The lowest BCUT2D eigenvalue weighted by Gasteiger charge is -2.21. The van der Waals surface area contributed by atoms with Crippen molar-refractivity contribution in [3.63, 3.8) is 0 Å². The molecule has 0 aliphatic carbocycles. The normalized spacial score (nSPS) is 14.3. The lowest BCUT2D eigenvalue weighted by molar-refractivity contribution is -0.115. The van der Waals surface area contributed by atoms with Gasteiger partial charge >= 0.3 is 6.03 Å². The molecular formula is C30H24Cl3F3N6O4S. The van der Waals surface area contributed by atoms with Crippen molar-refractivity contribution in [2.75, 3.05) is 29.2 Å². The molecule has 1 fully saturated rings. The van der Waals surface area contributed by atoms with Crippen molar-refractivity contribution in [3.8, 4) is 22.8 Å². The minimum absolute atomic E-state index is 0.0208. The van der Waals surface area contributed by atoms with Gasteiger partial charge in [0.15, 0.2) is 11.0 Å². The van der Waals surface area contributed by atoms with Crippen LogP contribution in [0, 0.1) is 12.7 Å².